The smallest absolute Gasteiger partial charge is 0.367 e. The number of aliphatic hydroxyl groups is 2. The number of rotatable bonds is 0. The molecule has 0 atom stereocenters. The van der Waals surface area contributed by atoms with Crippen molar-refractivity contribution in [1.82, 2.24) is 0 Å². The maximum Gasteiger partial charge on any atom is 0.435 e. The first kappa shape index (κ1) is 41.2. The molecule has 0 aromatic rings. The molecule has 2 N–H and O–H groups in total. The van der Waals surface area contributed by atoms with Gasteiger partial charge in [0.2, 0.25) is 0 Å². The fourth-order valence-electron chi connectivity index (χ4n) is 0.964. The van der Waals surface area contributed by atoms with E-state index < -0.39 is 48.3 Å². The minimum absolute atomic E-state index is 0. The largest absolute Gasteiger partial charge is 0.435 e. The third-order valence-corrected chi connectivity index (χ3v) is 3.70. The van der Waals surface area contributed by atoms with Gasteiger partial charge >= 0.3 is 95.6 Å². The average molecular weight is 609 g/mol. The van der Waals surface area contributed by atoms with E-state index in [1.807, 2.05) is 0 Å². The first-order valence-corrected chi connectivity index (χ1v) is 7.90. The van der Waals surface area contributed by atoms with Gasteiger partial charge in [0.05, 0.1) is 0 Å². The van der Waals surface area contributed by atoms with Crippen molar-refractivity contribution in [3.05, 3.63) is 7.43 Å². The molecule has 0 radical (unpaired) electrons. The van der Waals surface area contributed by atoms with Crippen LogP contribution in [0.4, 0.5) is 79.0 Å². The number of nitrogens with zero attached hydrogens (tertiary/aromatic N) is 1. The Morgan fingerprint density at radius 2 is 0.514 bits per heavy atom. The SMILES string of the molecule is CC(C)(C)[N]=[V].OC(C(F)(F)F)(C(F)(F)F)C(F)(F)F.OC(C(F)(F)F)(C(F)(F)F)C(F)(F)F.[CH3-]. The predicted octanol–water partition coefficient (Wildman–Crippen LogP) is 6.77. The normalized spacial score (nSPS) is 14.6. The Balaban J connectivity index is -0.000000219. The average Bonchev–Trinajstić information content (AvgIpc) is 2.47. The molecule has 3 nitrogen and oxygen atoms in total. The van der Waals surface area contributed by atoms with Gasteiger partial charge < -0.3 is 17.6 Å². The van der Waals surface area contributed by atoms with Crippen LogP contribution < -0.4 is 0 Å². The minimum Gasteiger partial charge on any atom is -0.367 e. The van der Waals surface area contributed by atoms with Crippen molar-refractivity contribution in [3.63, 3.8) is 0 Å². The summed E-state index contributed by atoms with van der Waals surface area (Å²) in [5.41, 5.74) is -13.2. The molecule has 0 aliphatic rings. The van der Waals surface area contributed by atoms with Gasteiger partial charge in [0.1, 0.15) is 0 Å². The van der Waals surface area contributed by atoms with Gasteiger partial charge in [-0.25, -0.2) is 0 Å². The van der Waals surface area contributed by atoms with E-state index in [1.165, 1.54) is 0 Å². The second kappa shape index (κ2) is 11.6. The summed E-state index contributed by atoms with van der Waals surface area (Å²) >= 11 is 2.22. The van der Waals surface area contributed by atoms with Crippen molar-refractivity contribution >= 4 is 0 Å². The van der Waals surface area contributed by atoms with Crippen LogP contribution in [0, 0.1) is 7.43 Å². The van der Waals surface area contributed by atoms with Gasteiger partial charge in [0, 0.05) is 0 Å². The molecule has 0 unspecified atom stereocenters. The molecule has 0 aromatic heterocycles. The van der Waals surface area contributed by atoms with Gasteiger partial charge in [0.15, 0.2) is 0 Å². The first-order chi connectivity index (χ1) is 14.1. The number of hydrogen-bond acceptors (Lipinski definition) is 3. The molecule has 22 heteroatoms. The summed E-state index contributed by atoms with van der Waals surface area (Å²) in [7, 11) is 0. The van der Waals surface area contributed by atoms with Crippen LogP contribution in [0.1, 0.15) is 20.8 Å². The minimum atomic E-state index is -6.87. The molecule has 0 aliphatic carbocycles. The van der Waals surface area contributed by atoms with Gasteiger partial charge in [-0.2, -0.15) is 79.0 Å². The van der Waals surface area contributed by atoms with E-state index in [-0.39, 0.29) is 13.0 Å². The van der Waals surface area contributed by atoms with E-state index in [1.54, 1.807) is 0 Å². The van der Waals surface area contributed by atoms with E-state index in [9.17, 15) is 79.0 Å². The van der Waals surface area contributed by atoms with E-state index in [2.05, 4.69) is 41.8 Å². The second-order valence-corrected chi connectivity index (χ2v) is 6.99. The van der Waals surface area contributed by atoms with Crippen molar-refractivity contribution in [3.8, 4) is 0 Å². The van der Waals surface area contributed by atoms with Crippen molar-refractivity contribution < 1.29 is 106 Å². The molecule has 0 heterocycles. The van der Waals surface area contributed by atoms with Crippen LogP contribution in [0.15, 0.2) is 3.79 Å². The summed E-state index contributed by atoms with van der Waals surface area (Å²) in [4.78, 5) is 0. The molecule has 0 rings (SSSR count). The Bertz CT molecular complexity index is 527. The number of halogens is 18. The first-order valence-electron chi connectivity index (χ1n) is 7.27. The van der Waals surface area contributed by atoms with E-state index in [0.29, 0.717) is 0 Å². The second-order valence-electron chi connectivity index (χ2n) is 6.68. The Kier molecular flexibility index (Phi) is 13.7. The topological polar surface area (TPSA) is 52.8 Å². The van der Waals surface area contributed by atoms with E-state index in [0.717, 1.165) is 0 Å². The summed E-state index contributed by atoms with van der Waals surface area (Å²) in [5.74, 6) is 0. The van der Waals surface area contributed by atoms with Crippen LogP contribution in [0.25, 0.3) is 0 Å². The van der Waals surface area contributed by atoms with Crippen molar-refractivity contribution in [2.24, 2.45) is 3.79 Å². The molecule has 0 fully saturated rings. The summed E-state index contributed by atoms with van der Waals surface area (Å²) in [5, 5.41) is 15.3. The zero-order valence-corrected chi connectivity index (χ0v) is 18.5. The Morgan fingerprint density at radius 3 is 0.514 bits per heavy atom. The quantitative estimate of drug-likeness (QED) is 0.235. The van der Waals surface area contributed by atoms with Crippen LogP contribution in [0.2, 0.25) is 0 Å². The van der Waals surface area contributed by atoms with Gasteiger partial charge in [-0.05, 0) is 0 Å². The van der Waals surface area contributed by atoms with Crippen molar-refractivity contribution in [2.45, 2.75) is 74.6 Å². The summed E-state index contributed by atoms with van der Waals surface area (Å²) < 4.78 is 209. The maximum absolute atomic E-state index is 11.4. The monoisotopic (exact) mass is 609 g/mol. The van der Waals surface area contributed by atoms with Crippen LogP contribution in [0.3, 0.4) is 0 Å². The summed E-state index contributed by atoms with van der Waals surface area (Å²) in [6.45, 7) is 6.18. The molecule has 215 valence electrons. The zero-order valence-electron chi connectivity index (χ0n) is 17.1. The number of hydrogen-bond donors (Lipinski definition) is 2. The standard InChI is InChI=1S/2C4HF9O.C4H9N.CH3.V/c2*5-2(6,7)1(14,3(8,9)10)4(11,12)13;1-4(2,3)5;;/h2*14H;1-3H3;1H3;/q;;;-1;. The third kappa shape index (κ3) is 10.1. The van der Waals surface area contributed by atoms with E-state index >= 15 is 0 Å². The Labute approximate surface area is 193 Å². The molecule has 0 saturated carbocycles. The van der Waals surface area contributed by atoms with Gasteiger partial charge in [-0.1, -0.05) is 0 Å². The van der Waals surface area contributed by atoms with Crippen molar-refractivity contribution in [2.75, 3.05) is 0 Å². The van der Waals surface area contributed by atoms with E-state index in [4.69, 9.17) is 10.2 Å². The number of alkyl halides is 18. The molecule has 0 aromatic carbocycles. The molecule has 35 heavy (non-hydrogen) atoms. The molecule has 0 spiro atoms. The zero-order chi connectivity index (χ0) is 29.2. The maximum atomic E-state index is 11.4. The molecule has 0 saturated heterocycles. The molecule has 0 bridgehead atoms. The van der Waals surface area contributed by atoms with Gasteiger partial charge in [0.25, 0.3) is 0 Å². The van der Waals surface area contributed by atoms with Crippen LogP contribution in [-0.2, 0) is 17.2 Å². The third-order valence-electron chi connectivity index (χ3n) is 2.76. The van der Waals surface area contributed by atoms with Crippen LogP contribution in [0.5, 0.6) is 0 Å². The molecule has 0 amide bonds. The predicted molar refractivity (Wildman–Crippen MR) is 74.8 cm³/mol. The Hall–Kier alpha value is -0.956. The fourth-order valence-corrected chi connectivity index (χ4v) is 0.964. The van der Waals surface area contributed by atoms with Crippen LogP contribution >= 0.6 is 0 Å². The Morgan fingerprint density at radius 1 is 0.429 bits per heavy atom. The van der Waals surface area contributed by atoms with Gasteiger partial charge in [-0.3, -0.25) is 0 Å². The van der Waals surface area contributed by atoms with Gasteiger partial charge in [-0.15, -0.1) is 0 Å². The molecular weight excluding hydrogens is 595 g/mol. The van der Waals surface area contributed by atoms with Crippen LogP contribution in [-0.4, -0.2) is 64.0 Å². The fraction of sp³-hybridized carbons (Fsp3) is 0.923. The molecular formula is C13H14F18NO2V-. The molecule has 0 aliphatic heterocycles. The summed E-state index contributed by atoms with van der Waals surface area (Å²) in [6.07, 6.45) is -41.2. The van der Waals surface area contributed by atoms with Crippen molar-refractivity contribution in [1.29, 1.82) is 0 Å². The summed E-state index contributed by atoms with van der Waals surface area (Å²) in [6, 6.07) is 0.